The maximum absolute atomic E-state index is 13.7. The fraction of sp³-hybridized carbons (Fsp3) is 1.00. The molecule has 205 valence electrons. The molecule has 34 heavy (non-hydrogen) atoms. The van der Waals surface area contributed by atoms with Crippen LogP contribution >= 0.6 is 7.94 Å². The predicted octanol–water partition coefficient (Wildman–Crippen LogP) is 5.31. The minimum Gasteiger partial charge on any atom is -0.394 e. The zero-order valence-corrected chi connectivity index (χ0v) is 23.4. The zero-order chi connectivity index (χ0) is 25.5. The molecule has 0 aromatic rings. The molecule has 0 saturated carbocycles. The van der Waals surface area contributed by atoms with Gasteiger partial charge in [-0.15, -0.1) is 4.65 Å². The number of hydrogen-bond donors (Lipinski definition) is 2. The molecule has 0 aromatic heterocycles. The molecule has 0 spiro atoms. The van der Waals surface area contributed by atoms with Crippen molar-refractivity contribution in [2.75, 3.05) is 65.4 Å². The van der Waals surface area contributed by atoms with Gasteiger partial charge in [0, 0.05) is 16.1 Å². The molecule has 2 unspecified atom stereocenters. The van der Waals surface area contributed by atoms with E-state index in [9.17, 15) is 10.00 Å². The van der Waals surface area contributed by atoms with E-state index in [0.717, 1.165) is 19.3 Å². The number of quaternary nitrogens is 1. The molecule has 2 N–H and O–H groups in total. The van der Waals surface area contributed by atoms with Gasteiger partial charge in [-0.05, 0) is 40.0 Å². The summed E-state index contributed by atoms with van der Waals surface area (Å²) in [4.78, 5) is 13.7. The standard InChI is InChI=1S/C25H55NO7P/c1-5-9-10-11-12-13-14-15-20-32-34(29,33-26(6-2,7-3)8-4)23-22-31-25(24-28)17-16-19-30-21-18-27/h25,27-28H,5-24H2,1-4H3/q+2. The van der Waals surface area contributed by atoms with Crippen molar-refractivity contribution >= 4 is 7.94 Å². The lowest BCUT2D eigenvalue weighted by Gasteiger charge is -2.31. The van der Waals surface area contributed by atoms with Crippen LogP contribution in [0.15, 0.2) is 0 Å². The summed E-state index contributed by atoms with van der Waals surface area (Å²) in [5.74, 6) is 0. The van der Waals surface area contributed by atoms with Crippen LogP contribution in [0.5, 0.6) is 0 Å². The molecule has 1 radical (unpaired) electrons. The van der Waals surface area contributed by atoms with E-state index in [-0.39, 0.29) is 32.1 Å². The van der Waals surface area contributed by atoms with Gasteiger partial charge in [0.1, 0.15) is 19.6 Å². The largest absolute Gasteiger partial charge is 0.521 e. The Bertz CT molecular complexity index is 435. The SMILES string of the molecule is CCCCCCCCCCO[P+]([O])(CCOC(CO)CCCOCCO)O[N+](CC)(CC)CC. The Hall–Kier alpha value is 0.110. The predicted molar refractivity (Wildman–Crippen MR) is 138 cm³/mol. The molecule has 8 nitrogen and oxygen atoms in total. The van der Waals surface area contributed by atoms with Crippen LogP contribution in [0.25, 0.3) is 0 Å². The first-order chi connectivity index (χ1) is 16.4. The highest BCUT2D eigenvalue weighted by Crippen LogP contribution is 2.60. The van der Waals surface area contributed by atoms with E-state index in [1.807, 2.05) is 20.8 Å². The van der Waals surface area contributed by atoms with Gasteiger partial charge in [-0.25, -0.2) is 0 Å². The fourth-order valence-electron chi connectivity index (χ4n) is 3.81. The second-order valence-electron chi connectivity index (χ2n) is 8.88. The zero-order valence-electron chi connectivity index (χ0n) is 22.5. The number of hydrogen-bond acceptors (Lipinski definition) is 6. The molecule has 2 atom stereocenters. The van der Waals surface area contributed by atoms with Crippen molar-refractivity contribution in [3.8, 4) is 0 Å². The van der Waals surface area contributed by atoms with Crippen molar-refractivity contribution in [1.82, 2.24) is 0 Å². The monoisotopic (exact) mass is 512 g/mol. The molecule has 0 rings (SSSR count). The molecule has 0 bridgehead atoms. The normalized spacial score (nSPS) is 14.9. The Morgan fingerprint density at radius 2 is 1.38 bits per heavy atom. The van der Waals surface area contributed by atoms with Crippen LogP contribution < -0.4 is 0 Å². The Kier molecular flexibility index (Phi) is 22.4. The first kappa shape index (κ1) is 34.1. The van der Waals surface area contributed by atoms with Gasteiger partial charge in [0.15, 0.2) is 6.16 Å². The third-order valence-electron chi connectivity index (χ3n) is 6.29. The molecule has 0 amide bonds. The molecule has 0 saturated heterocycles. The van der Waals surface area contributed by atoms with E-state index in [2.05, 4.69) is 6.92 Å². The molecule has 0 fully saturated rings. The summed E-state index contributed by atoms with van der Waals surface area (Å²) in [5, 5.41) is 18.4. The number of ether oxygens (including phenoxy) is 2. The average molecular weight is 513 g/mol. The second kappa shape index (κ2) is 22.3. The summed E-state index contributed by atoms with van der Waals surface area (Å²) in [6.45, 7) is 11.8. The third-order valence-corrected chi connectivity index (χ3v) is 8.19. The molecule has 0 aliphatic heterocycles. The van der Waals surface area contributed by atoms with Gasteiger partial charge in [0.05, 0.1) is 39.1 Å². The number of unbranched alkanes of at least 4 members (excludes halogenated alkanes) is 7. The van der Waals surface area contributed by atoms with Gasteiger partial charge in [-0.2, -0.15) is 4.52 Å². The van der Waals surface area contributed by atoms with Crippen molar-refractivity contribution in [3.63, 3.8) is 0 Å². The highest BCUT2D eigenvalue weighted by atomic mass is 31.2. The van der Waals surface area contributed by atoms with Gasteiger partial charge in [0.2, 0.25) is 0 Å². The van der Waals surface area contributed by atoms with Gasteiger partial charge in [0.25, 0.3) is 0 Å². The second-order valence-corrected chi connectivity index (χ2v) is 11.0. The highest BCUT2D eigenvalue weighted by molar-refractivity contribution is 7.60. The maximum Gasteiger partial charge on any atom is 0.521 e. The lowest BCUT2D eigenvalue weighted by molar-refractivity contribution is -1.08. The molecule has 0 aromatic carbocycles. The molecule has 9 heteroatoms. The summed E-state index contributed by atoms with van der Waals surface area (Å²) in [6.07, 6.45) is 10.7. The first-order valence-corrected chi connectivity index (χ1v) is 15.4. The lowest BCUT2D eigenvalue weighted by atomic mass is 10.1. The Morgan fingerprint density at radius 3 is 1.94 bits per heavy atom. The van der Waals surface area contributed by atoms with Crippen LogP contribution in [0.4, 0.5) is 0 Å². The van der Waals surface area contributed by atoms with E-state index >= 15 is 0 Å². The van der Waals surface area contributed by atoms with E-state index in [0.29, 0.717) is 50.5 Å². The van der Waals surface area contributed by atoms with Crippen LogP contribution in [0, 0.1) is 0 Å². The van der Waals surface area contributed by atoms with Crippen LogP contribution in [-0.2, 0) is 23.5 Å². The highest BCUT2D eigenvalue weighted by Gasteiger charge is 2.53. The van der Waals surface area contributed by atoms with Crippen LogP contribution in [-0.4, -0.2) is 86.4 Å². The number of nitrogens with zero attached hydrogens (tertiary/aromatic N) is 1. The van der Waals surface area contributed by atoms with Crippen LogP contribution in [0.2, 0.25) is 0 Å². The lowest BCUT2D eigenvalue weighted by Crippen LogP contribution is -2.47. The van der Waals surface area contributed by atoms with Gasteiger partial charge in [-0.1, -0.05) is 51.9 Å². The Labute approximate surface area is 210 Å². The van der Waals surface area contributed by atoms with Crippen molar-refractivity contribution in [1.29, 1.82) is 0 Å². The Balaban J connectivity index is 4.61. The van der Waals surface area contributed by atoms with Gasteiger partial charge in [-0.3, -0.25) is 0 Å². The fourth-order valence-corrected chi connectivity index (χ4v) is 5.68. The van der Waals surface area contributed by atoms with Crippen molar-refractivity contribution in [2.24, 2.45) is 0 Å². The summed E-state index contributed by atoms with van der Waals surface area (Å²) < 4.78 is 23.4. The summed E-state index contributed by atoms with van der Waals surface area (Å²) in [5.41, 5.74) is 0. The van der Waals surface area contributed by atoms with Crippen LogP contribution in [0.1, 0.15) is 91.9 Å². The summed E-state index contributed by atoms with van der Waals surface area (Å²) >= 11 is 0. The maximum atomic E-state index is 13.7. The van der Waals surface area contributed by atoms with Crippen LogP contribution in [0.3, 0.4) is 0 Å². The molecule has 0 heterocycles. The summed E-state index contributed by atoms with van der Waals surface area (Å²) in [6, 6.07) is 0. The topological polar surface area (TPSA) is 97.3 Å². The molecular weight excluding hydrogens is 457 g/mol. The van der Waals surface area contributed by atoms with Gasteiger partial charge < -0.3 is 19.7 Å². The minimum atomic E-state index is -3.36. The number of rotatable bonds is 26. The summed E-state index contributed by atoms with van der Waals surface area (Å²) in [7, 11) is -3.36. The quantitative estimate of drug-likeness (QED) is 0.0705. The molecule has 0 aliphatic rings. The molecular formula is C25H55NO7P+2. The van der Waals surface area contributed by atoms with Crippen molar-refractivity contribution in [2.45, 2.75) is 98.0 Å². The van der Waals surface area contributed by atoms with E-state index < -0.39 is 7.94 Å². The smallest absolute Gasteiger partial charge is 0.394 e. The average Bonchev–Trinajstić information content (AvgIpc) is 2.85. The van der Waals surface area contributed by atoms with E-state index in [1.54, 1.807) is 0 Å². The van der Waals surface area contributed by atoms with Gasteiger partial charge >= 0.3 is 7.94 Å². The Morgan fingerprint density at radius 1 is 0.765 bits per heavy atom. The molecule has 0 aliphatic carbocycles. The number of aliphatic hydroxyl groups excluding tert-OH is 2. The first-order valence-electron chi connectivity index (χ1n) is 13.7. The third kappa shape index (κ3) is 16.7. The minimum absolute atomic E-state index is 0.00144. The van der Waals surface area contributed by atoms with E-state index in [4.69, 9.17) is 23.7 Å². The van der Waals surface area contributed by atoms with E-state index in [1.165, 1.54) is 38.5 Å². The number of hydroxylamine groups is 3. The van der Waals surface area contributed by atoms with Crippen molar-refractivity contribution < 1.29 is 38.4 Å². The van der Waals surface area contributed by atoms with Crippen molar-refractivity contribution in [3.05, 3.63) is 0 Å². The number of aliphatic hydroxyl groups is 2.